The molecule has 1 saturated carbocycles. The number of carbonyl (C=O) groups excluding carboxylic acids is 1. The molecule has 118 valence electrons. The Morgan fingerprint density at radius 1 is 1.23 bits per heavy atom. The highest BCUT2D eigenvalue weighted by atomic mass is 16.5. The molecular formula is C18H24N2O2. The van der Waals surface area contributed by atoms with E-state index in [-0.39, 0.29) is 5.91 Å². The fraction of sp³-hybridized carbons (Fsp3) is 0.556. The molecule has 1 amide bonds. The van der Waals surface area contributed by atoms with Crippen LogP contribution in [0.4, 0.5) is 0 Å². The fourth-order valence-corrected chi connectivity index (χ4v) is 3.18. The smallest absolute Gasteiger partial charge is 0.254 e. The lowest BCUT2D eigenvalue weighted by Gasteiger charge is -2.26. The zero-order valence-electron chi connectivity index (χ0n) is 13.0. The van der Waals surface area contributed by atoms with E-state index in [0.29, 0.717) is 32.2 Å². The molecule has 2 fully saturated rings. The minimum Gasteiger partial charge on any atom is -0.378 e. The Morgan fingerprint density at radius 2 is 2.00 bits per heavy atom. The highest BCUT2D eigenvalue weighted by Crippen LogP contribution is 2.25. The van der Waals surface area contributed by atoms with Crippen LogP contribution < -0.4 is 0 Å². The molecule has 0 radical (unpaired) electrons. The molecule has 3 rings (SSSR count). The van der Waals surface area contributed by atoms with Crippen LogP contribution >= 0.6 is 0 Å². The van der Waals surface area contributed by atoms with Gasteiger partial charge in [-0.15, -0.1) is 0 Å². The molecule has 2 heterocycles. The van der Waals surface area contributed by atoms with E-state index in [2.05, 4.69) is 17.1 Å². The standard InChI is InChI=1S/C18H24N2O2/c21-18(20-10-12-22-13-11-20)16-8-9-19-17(14-16)7-6-15-4-2-1-3-5-15/h6-9,14-15H,1-5,10-13H2. The first-order valence-electron chi connectivity index (χ1n) is 8.34. The fourth-order valence-electron chi connectivity index (χ4n) is 3.18. The second kappa shape index (κ2) is 7.54. The molecule has 1 aliphatic heterocycles. The molecular weight excluding hydrogens is 276 g/mol. The zero-order chi connectivity index (χ0) is 15.2. The minimum atomic E-state index is 0.0815. The van der Waals surface area contributed by atoms with Gasteiger partial charge in [0.05, 0.1) is 18.9 Å². The van der Waals surface area contributed by atoms with Gasteiger partial charge in [-0.3, -0.25) is 9.78 Å². The third-order valence-corrected chi connectivity index (χ3v) is 4.52. The van der Waals surface area contributed by atoms with E-state index >= 15 is 0 Å². The molecule has 1 aliphatic carbocycles. The van der Waals surface area contributed by atoms with Crippen molar-refractivity contribution in [2.75, 3.05) is 26.3 Å². The summed E-state index contributed by atoms with van der Waals surface area (Å²) in [6, 6.07) is 3.70. The summed E-state index contributed by atoms with van der Waals surface area (Å²) >= 11 is 0. The number of ether oxygens (including phenoxy) is 1. The molecule has 4 heteroatoms. The monoisotopic (exact) mass is 300 g/mol. The normalized spacial score (nSPS) is 20.5. The van der Waals surface area contributed by atoms with Crippen LogP contribution in [-0.4, -0.2) is 42.1 Å². The number of hydrogen-bond acceptors (Lipinski definition) is 3. The molecule has 0 N–H and O–H groups in total. The summed E-state index contributed by atoms with van der Waals surface area (Å²) in [7, 11) is 0. The van der Waals surface area contributed by atoms with Crippen molar-refractivity contribution >= 4 is 12.0 Å². The summed E-state index contributed by atoms with van der Waals surface area (Å²) in [4.78, 5) is 18.7. The van der Waals surface area contributed by atoms with E-state index < -0.39 is 0 Å². The Bertz CT molecular complexity index is 530. The molecule has 4 nitrogen and oxygen atoms in total. The lowest BCUT2D eigenvalue weighted by molar-refractivity contribution is 0.0303. The molecule has 0 unspecified atom stereocenters. The van der Waals surface area contributed by atoms with Gasteiger partial charge in [0.15, 0.2) is 0 Å². The predicted octanol–water partition coefficient (Wildman–Crippen LogP) is 3.15. The van der Waals surface area contributed by atoms with E-state index in [1.165, 1.54) is 32.1 Å². The number of amides is 1. The van der Waals surface area contributed by atoms with Gasteiger partial charge in [-0.25, -0.2) is 0 Å². The molecule has 1 aromatic rings. The zero-order valence-corrected chi connectivity index (χ0v) is 13.0. The largest absolute Gasteiger partial charge is 0.378 e. The van der Waals surface area contributed by atoms with Gasteiger partial charge in [0, 0.05) is 24.8 Å². The van der Waals surface area contributed by atoms with Crippen LogP contribution in [0.15, 0.2) is 24.4 Å². The number of carbonyl (C=O) groups is 1. The maximum absolute atomic E-state index is 12.5. The van der Waals surface area contributed by atoms with Crippen LogP contribution in [0, 0.1) is 5.92 Å². The predicted molar refractivity (Wildman–Crippen MR) is 86.6 cm³/mol. The number of morpholine rings is 1. The summed E-state index contributed by atoms with van der Waals surface area (Å²) in [5.74, 6) is 0.757. The SMILES string of the molecule is O=C(c1ccnc(C=CC2CCCCC2)c1)N1CCOCC1. The van der Waals surface area contributed by atoms with E-state index in [0.717, 1.165) is 11.3 Å². The lowest BCUT2D eigenvalue weighted by Crippen LogP contribution is -2.40. The molecule has 1 saturated heterocycles. The van der Waals surface area contributed by atoms with Crippen LogP contribution in [0.25, 0.3) is 6.08 Å². The minimum absolute atomic E-state index is 0.0815. The first kappa shape index (κ1) is 15.2. The summed E-state index contributed by atoms with van der Waals surface area (Å²) < 4.78 is 5.30. The summed E-state index contributed by atoms with van der Waals surface area (Å²) in [6.07, 6.45) is 12.7. The van der Waals surface area contributed by atoms with Crippen LogP contribution in [-0.2, 0) is 4.74 Å². The first-order valence-corrected chi connectivity index (χ1v) is 8.34. The third kappa shape index (κ3) is 3.95. The highest BCUT2D eigenvalue weighted by molar-refractivity contribution is 5.94. The summed E-state index contributed by atoms with van der Waals surface area (Å²) in [5.41, 5.74) is 1.60. The van der Waals surface area contributed by atoms with E-state index in [1.807, 2.05) is 11.0 Å². The van der Waals surface area contributed by atoms with Crippen molar-refractivity contribution in [2.24, 2.45) is 5.92 Å². The number of nitrogens with zero attached hydrogens (tertiary/aromatic N) is 2. The molecule has 0 bridgehead atoms. The van der Waals surface area contributed by atoms with Crippen molar-refractivity contribution in [2.45, 2.75) is 32.1 Å². The van der Waals surface area contributed by atoms with Gasteiger partial charge in [-0.05, 0) is 37.0 Å². The summed E-state index contributed by atoms with van der Waals surface area (Å²) in [5, 5.41) is 0. The van der Waals surface area contributed by atoms with Crippen molar-refractivity contribution < 1.29 is 9.53 Å². The number of hydrogen-bond donors (Lipinski definition) is 0. The van der Waals surface area contributed by atoms with Crippen LogP contribution in [0.1, 0.15) is 48.2 Å². The number of allylic oxidation sites excluding steroid dienone is 1. The van der Waals surface area contributed by atoms with Crippen molar-refractivity contribution in [1.82, 2.24) is 9.88 Å². The van der Waals surface area contributed by atoms with Gasteiger partial charge in [-0.2, -0.15) is 0 Å². The van der Waals surface area contributed by atoms with Gasteiger partial charge in [0.25, 0.3) is 5.91 Å². The van der Waals surface area contributed by atoms with Gasteiger partial charge in [0.1, 0.15) is 0 Å². The lowest BCUT2D eigenvalue weighted by atomic mass is 9.89. The molecule has 0 atom stereocenters. The Labute approximate surface area is 132 Å². The second-order valence-electron chi connectivity index (χ2n) is 6.13. The van der Waals surface area contributed by atoms with Gasteiger partial charge >= 0.3 is 0 Å². The Balaban J connectivity index is 1.66. The quantitative estimate of drug-likeness (QED) is 0.861. The van der Waals surface area contributed by atoms with Gasteiger partial charge in [-0.1, -0.05) is 25.3 Å². The Morgan fingerprint density at radius 3 is 2.77 bits per heavy atom. The van der Waals surface area contributed by atoms with E-state index in [4.69, 9.17) is 4.74 Å². The van der Waals surface area contributed by atoms with E-state index in [9.17, 15) is 4.79 Å². The average Bonchev–Trinajstić information content (AvgIpc) is 2.61. The highest BCUT2D eigenvalue weighted by Gasteiger charge is 2.18. The second-order valence-corrected chi connectivity index (χ2v) is 6.13. The number of rotatable bonds is 3. The molecule has 22 heavy (non-hydrogen) atoms. The topological polar surface area (TPSA) is 42.4 Å². The average molecular weight is 300 g/mol. The van der Waals surface area contributed by atoms with Crippen molar-refractivity contribution in [3.05, 3.63) is 35.7 Å². The van der Waals surface area contributed by atoms with Crippen molar-refractivity contribution in [3.63, 3.8) is 0 Å². The van der Waals surface area contributed by atoms with E-state index in [1.54, 1.807) is 12.3 Å². The molecule has 0 aromatic carbocycles. The summed E-state index contributed by atoms with van der Waals surface area (Å²) in [6.45, 7) is 2.61. The Hall–Kier alpha value is -1.68. The maximum atomic E-state index is 12.5. The molecule has 0 spiro atoms. The number of pyridine rings is 1. The van der Waals surface area contributed by atoms with Crippen LogP contribution in [0.2, 0.25) is 0 Å². The first-order chi connectivity index (χ1) is 10.8. The maximum Gasteiger partial charge on any atom is 0.254 e. The molecule has 2 aliphatic rings. The van der Waals surface area contributed by atoms with Gasteiger partial charge < -0.3 is 9.64 Å². The number of aromatic nitrogens is 1. The Kier molecular flexibility index (Phi) is 5.22. The van der Waals surface area contributed by atoms with Crippen molar-refractivity contribution in [3.8, 4) is 0 Å². The van der Waals surface area contributed by atoms with Crippen molar-refractivity contribution in [1.29, 1.82) is 0 Å². The molecule has 1 aromatic heterocycles. The van der Waals surface area contributed by atoms with Gasteiger partial charge in [0.2, 0.25) is 0 Å². The van der Waals surface area contributed by atoms with Crippen LogP contribution in [0.5, 0.6) is 0 Å². The van der Waals surface area contributed by atoms with Crippen LogP contribution in [0.3, 0.4) is 0 Å². The third-order valence-electron chi connectivity index (χ3n) is 4.52.